The maximum Gasteiger partial charge on any atom is 0.277 e. The normalized spacial score (nSPS) is 10.8. The second kappa shape index (κ2) is 7.65. The lowest BCUT2D eigenvalue weighted by Crippen LogP contribution is -2.15. The van der Waals surface area contributed by atoms with E-state index < -0.39 is 17.5 Å². The van der Waals surface area contributed by atoms with Gasteiger partial charge in [0.1, 0.15) is 11.6 Å². The van der Waals surface area contributed by atoms with Crippen molar-refractivity contribution in [1.82, 2.24) is 10.2 Å². The molecule has 0 atom stereocenters. The number of amides is 1. The van der Waals surface area contributed by atoms with Crippen molar-refractivity contribution in [3.05, 3.63) is 59.2 Å². The summed E-state index contributed by atoms with van der Waals surface area (Å²) >= 11 is 1.01. The number of hydrogen-bond donors (Lipinski definition) is 1. The lowest BCUT2D eigenvalue weighted by atomic mass is 10.1. The number of nitrogens with zero attached hydrogens (tertiary/aromatic N) is 2. The van der Waals surface area contributed by atoms with Crippen LogP contribution in [0.2, 0.25) is 0 Å². The van der Waals surface area contributed by atoms with Gasteiger partial charge >= 0.3 is 0 Å². The van der Waals surface area contributed by atoms with Crippen molar-refractivity contribution in [3.8, 4) is 11.5 Å². The van der Waals surface area contributed by atoms with Gasteiger partial charge in [0.25, 0.3) is 5.22 Å². The predicted octanol–water partition coefficient (Wildman–Crippen LogP) is 4.36. The first-order chi connectivity index (χ1) is 12.4. The molecule has 1 heterocycles. The number of hydrogen-bond acceptors (Lipinski definition) is 5. The second-order valence-electron chi connectivity index (χ2n) is 5.63. The zero-order valence-electron chi connectivity index (χ0n) is 14.0. The van der Waals surface area contributed by atoms with Crippen molar-refractivity contribution < 1.29 is 18.0 Å². The van der Waals surface area contributed by atoms with E-state index in [0.717, 1.165) is 46.7 Å². The summed E-state index contributed by atoms with van der Waals surface area (Å²) in [5, 5.41) is 10.4. The zero-order chi connectivity index (χ0) is 18.7. The topological polar surface area (TPSA) is 68.0 Å². The molecule has 2 aromatic carbocycles. The number of carbonyl (C=O) groups is 1. The lowest BCUT2D eigenvalue weighted by Gasteiger charge is -2.05. The van der Waals surface area contributed by atoms with Crippen molar-refractivity contribution in [2.24, 2.45) is 0 Å². The molecule has 8 heteroatoms. The van der Waals surface area contributed by atoms with Crippen LogP contribution in [0.15, 0.2) is 46.0 Å². The van der Waals surface area contributed by atoms with E-state index in [4.69, 9.17) is 4.42 Å². The fourth-order valence-corrected chi connectivity index (χ4v) is 2.73. The van der Waals surface area contributed by atoms with Gasteiger partial charge in [-0.3, -0.25) is 4.79 Å². The molecule has 0 spiro atoms. The fraction of sp³-hybridized carbons (Fsp3) is 0.167. The number of benzene rings is 2. The first kappa shape index (κ1) is 18.1. The summed E-state index contributed by atoms with van der Waals surface area (Å²) in [7, 11) is 0. The third-order valence-electron chi connectivity index (χ3n) is 3.69. The third kappa shape index (κ3) is 4.26. The Morgan fingerprint density at radius 2 is 1.92 bits per heavy atom. The molecule has 0 bridgehead atoms. The van der Waals surface area contributed by atoms with Crippen LogP contribution >= 0.6 is 11.8 Å². The van der Waals surface area contributed by atoms with Gasteiger partial charge in [-0.15, -0.1) is 10.2 Å². The Balaban J connectivity index is 1.61. The number of thioether (sulfide) groups is 1. The number of anilines is 1. The van der Waals surface area contributed by atoms with Crippen LogP contribution in [-0.4, -0.2) is 21.9 Å². The average molecular weight is 375 g/mol. The van der Waals surface area contributed by atoms with Gasteiger partial charge in [0.05, 0.1) is 11.4 Å². The minimum atomic E-state index is -0.709. The summed E-state index contributed by atoms with van der Waals surface area (Å²) in [6.07, 6.45) is 0. The maximum atomic E-state index is 13.5. The van der Waals surface area contributed by atoms with Crippen molar-refractivity contribution in [3.63, 3.8) is 0 Å². The Labute approximate surface area is 152 Å². The van der Waals surface area contributed by atoms with Crippen molar-refractivity contribution in [1.29, 1.82) is 0 Å². The molecule has 1 amide bonds. The zero-order valence-corrected chi connectivity index (χ0v) is 14.9. The van der Waals surface area contributed by atoms with Crippen LogP contribution in [0.1, 0.15) is 11.1 Å². The van der Waals surface area contributed by atoms with Crippen LogP contribution in [0.4, 0.5) is 14.5 Å². The molecule has 1 N–H and O–H groups in total. The van der Waals surface area contributed by atoms with Crippen LogP contribution in [0.3, 0.4) is 0 Å². The molecule has 5 nitrogen and oxygen atoms in total. The molecule has 0 radical (unpaired) electrons. The number of rotatable bonds is 5. The highest BCUT2D eigenvalue weighted by atomic mass is 32.2. The van der Waals surface area contributed by atoms with Gasteiger partial charge in [-0.1, -0.05) is 17.8 Å². The molecule has 0 saturated heterocycles. The summed E-state index contributed by atoms with van der Waals surface area (Å²) in [4.78, 5) is 11.9. The summed E-state index contributed by atoms with van der Waals surface area (Å²) in [6, 6.07) is 8.63. The van der Waals surface area contributed by atoms with Gasteiger partial charge in [0.2, 0.25) is 11.8 Å². The summed E-state index contributed by atoms with van der Waals surface area (Å²) < 4.78 is 32.2. The molecule has 0 fully saturated rings. The Kier molecular flexibility index (Phi) is 5.32. The van der Waals surface area contributed by atoms with Crippen LogP contribution in [0, 0.1) is 25.5 Å². The molecule has 0 aliphatic heterocycles. The Morgan fingerprint density at radius 1 is 1.12 bits per heavy atom. The first-order valence-corrected chi connectivity index (χ1v) is 8.70. The summed E-state index contributed by atoms with van der Waals surface area (Å²) in [5.74, 6) is -1.58. The standard InChI is InChI=1S/C18H15F2N3O2S/c1-10-3-4-12(7-11(10)2)17-22-23-18(25-17)26-9-16(24)21-15-8-13(19)5-6-14(15)20/h3-8H,9H2,1-2H3,(H,21,24). The molecule has 0 aliphatic carbocycles. The van der Waals surface area contributed by atoms with E-state index in [9.17, 15) is 13.6 Å². The largest absolute Gasteiger partial charge is 0.411 e. The molecule has 3 rings (SSSR count). The van der Waals surface area contributed by atoms with Gasteiger partial charge in [-0.2, -0.15) is 0 Å². The van der Waals surface area contributed by atoms with Crippen LogP contribution in [-0.2, 0) is 4.79 Å². The highest BCUT2D eigenvalue weighted by molar-refractivity contribution is 7.99. The van der Waals surface area contributed by atoms with Gasteiger partial charge in [0, 0.05) is 11.6 Å². The van der Waals surface area contributed by atoms with Crippen molar-refractivity contribution >= 4 is 23.4 Å². The molecule has 1 aromatic heterocycles. The SMILES string of the molecule is Cc1ccc(-c2nnc(SCC(=O)Nc3cc(F)ccc3F)o2)cc1C. The van der Waals surface area contributed by atoms with E-state index >= 15 is 0 Å². The van der Waals surface area contributed by atoms with E-state index in [-0.39, 0.29) is 16.7 Å². The minimum Gasteiger partial charge on any atom is -0.411 e. The molecule has 0 saturated carbocycles. The van der Waals surface area contributed by atoms with Crippen LogP contribution in [0.25, 0.3) is 11.5 Å². The van der Waals surface area contributed by atoms with Gasteiger partial charge in [-0.25, -0.2) is 8.78 Å². The first-order valence-electron chi connectivity index (χ1n) is 7.71. The van der Waals surface area contributed by atoms with E-state index in [1.54, 1.807) is 0 Å². The molecular formula is C18H15F2N3O2S. The Bertz CT molecular complexity index is 959. The highest BCUT2D eigenvalue weighted by Crippen LogP contribution is 2.25. The van der Waals surface area contributed by atoms with Crippen LogP contribution in [0.5, 0.6) is 0 Å². The molecule has 0 unspecified atom stereocenters. The van der Waals surface area contributed by atoms with Crippen molar-refractivity contribution in [2.75, 3.05) is 11.1 Å². The highest BCUT2D eigenvalue weighted by Gasteiger charge is 2.13. The molecule has 134 valence electrons. The molecule has 0 aliphatic rings. The maximum absolute atomic E-state index is 13.5. The molecular weight excluding hydrogens is 360 g/mol. The minimum absolute atomic E-state index is 0.0789. The number of nitrogens with one attached hydrogen (secondary N) is 1. The lowest BCUT2D eigenvalue weighted by molar-refractivity contribution is -0.113. The van der Waals surface area contributed by atoms with Gasteiger partial charge in [-0.05, 0) is 49.2 Å². The molecule has 26 heavy (non-hydrogen) atoms. The number of carbonyl (C=O) groups excluding carboxylic acids is 1. The predicted molar refractivity (Wildman–Crippen MR) is 94.9 cm³/mol. The van der Waals surface area contributed by atoms with Gasteiger partial charge < -0.3 is 9.73 Å². The van der Waals surface area contributed by atoms with E-state index in [1.807, 2.05) is 32.0 Å². The average Bonchev–Trinajstić information content (AvgIpc) is 3.08. The van der Waals surface area contributed by atoms with E-state index in [2.05, 4.69) is 15.5 Å². The smallest absolute Gasteiger partial charge is 0.277 e. The summed E-state index contributed by atoms with van der Waals surface area (Å²) in [6.45, 7) is 4.00. The second-order valence-corrected chi connectivity index (χ2v) is 6.56. The Hall–Kier alpha value is -2.74. The van der Waals surface area contributed by atoms with Gasteiger partial charge in [0.15, 0.2) is 0 Å². The van der Waals surface area contributed by atoms with Crippen LogP contribution < -0.4 is 5.32 Å². The van der Waals surface area contributed by atoms with Crippen molar-refractivity contribution in [2.45, 2.75) is 19.1 Å². The molecule has 3 aromatic rings. The van der Waals surface area contributed by atoms with E-state index in [1.165, 1.54) is 0 Å². The number of aromatic nitrogens is 2. The number of halogens is 2. The third-order valence-corrected chi connectivity index (χ3v) is 4.51. The summed E-state index contributed by atoms with van der Waals surface area (Å²) in [5.41, 5.74) is 2.84. The number of aryl methyl sites for hydroxylation is 2. The Morgan fingerprint density at radius 3 is 2.69 bits per heavy atom. The van der Waals surface area contributed by atoms with E-state index in [0.29, 0.717) is 5.89 Å². The monoisotopic (exact) mass is 375 g/mol. The fourth-order valence-electron chi connectivity index (χ4n) is 2.17. The quantitative estimate of drug-likeness (QED) is 0.671.